The molecule has 1 saturated heterocycles. The van der Waals surface area contributed by atoms with Gasteiger partial charge in [-0.25, -0.2) is 13.2 Å². The van der Waals surface area contributed by atoms with E-state index in [0.717, 1.165) is 12.1 Å². The minimum absolute atomic E-state index is 0.0120. The summed E-state index contributed by atoms with van der Waals surface area (Å²) in [5.74, 6) is -5.13. The fourth-order valence-electron chi connectivity index (χ4n) is 5.13. The van der Waals surface area contributed by atoms with Gasteiger partial charge in [-0.3, -0.25) is 4.79 Å². The number of carboxylic acids is 1. The van der Waals surface area contributed by atoms with Gasteiger partial charge in [0.2, 0.25) is 0 Å². The minimum atomic E-state index is -4.49. The molecule has 0 amide bonds. The molecule has 0 spiro atoms. The maximum Gasteiger partial charge on any atom is 0.416 e. The van der Waals surface area contributed by atoms with Crippen LogP contribution < -0.4 is 4.90 Å². The van der Waals surface area contributed by atoms with Crippen LogP contribution in [0, 0.1) is 11.7 Å². The molecule has 0 aliphatic carbocycles. The summed E-state index contributed by atoms with van der Waals surface area (Å²) in [5, 5.41) is 9.75. The topological polar surface area (TPSA) is 40.5 Å². The van der Waals surface area contributed by atoms with Gasteiger partial charge in [0.1, 0.15) is 5.82 Å². The van der Waals surface area contributed by atoms with E-state index in [1.807, 2.05) is 6.92 Å². The Labute approximate surface area is 223 Å². The molecule has 4 rings (SSSR count). The number of hydrogen-bond acceptors (Lipinski definition) is 2. The maximum atomic E-state index is 14.7. The van der Waals surface area contributed by atoms with Crippen LogP contribution in [0.4, 0.5) is 32.0 Å². The second-order valence-corrected chi connectivity index (χ2v) is 10.0. The normalized spacial score (nSPS) is 15.9. The Bertz CT molecular complexity index is 1320. The van der Waals surface area contributed by atoms with Crippen LogP contribution in [0.3, 0.4) is 0 Å². The summed E-state index contributed by atoms with van der Waals surface area (Å²) in [4.78, 5) is 13.2. The monoisotopic (exact) mass is 549 g/mol. The molecule has 3 nitrogen and oxygen atoms in total. The predicted molar refractivity (Wildman–Crippen MR) is 138 cm³/mol. The Balaban J connectivity index is 1.77. The van der Waals surface area contributed by atoms with E-state index < -0.39 is 41.9 Å². The average molecular weight is 550 g/mol. The molecule has 1 aliphatic heterocycles. The molecule has 0 saturated carbocycles. The number of benzene rings is 3. The molecule has 1 heterocycles. The van der Waals surface area contributed by atoms with Crippen molar-refractivity contribution in [2.24, 2.45) is 5.92 Å². The first-order valence-electron chi connectivity index (χ1n) is 12.8. The van der Waals surface area contributed by atoms with Crippen molar-refractivity contribution in [3.8, 4) is 11.1 Å². The average Bonchev–Trinajstić information content (AvgIpc) is 3.24. The highest BCUT2D eigenvalue weighted by Crippen LogP contribution is 2.36. The molecular weight excluding hydrogens is 520 g/mol. The van der Waals surface area contributed by atoms with Gasteiger partial charge in [0.25, 0.3) is 5.92 Å². The van der Waals surface area contributed by atoms with Crippen molar-refractivity contribution in [2.75, 3.05) is 18.0 Å². The summed E-state index contributed by atoms with van der Waals surface area (Å²) >= 11 is 0. The van der Waals surface area contributed by atoms with E-state index in [1.54, 1.807) is 24.3 Å². The van der Waals surface area contributed by atoms with Crippen molar-refractivity contribution in [3.05, 3.63) is 88.7 Å². The molecule has 1 unspecified atom stereocenters. The van der Waals surface area contributed by atoms with Gasteiger partial charge in [-0.1, -0.05) is 49.7 Å². The number of alkyl halides is 5. The molecule has 1 N–H and O–H groups in total. The Morgan fingerprint density at radius 2 is 1.79 bits per heavy atom. The van der Waals surface area contributed by atoms with Crippen LogP contribution in [0.1, 0.15) is 48.4 Å². The number of anilines is 1. The van der Waals surface area contributed by atoms with Crippen molar-refractivity contribution in [1.29, 1.82) is 0 Å². The van der Waals surface area contributed by atoms with Crippen LogP contribution in [0.15, 0.2) is 60.7 Å². The first kappa shape index (κ1) is 28.5. The Hall–Kier alpha value is -3.49. The summed E-state index contributed by atoms with van der Waals surface area (Å²) in [7, 11) is 0. The van der Waals surface area contributed by atoms with Gasteiger partial charge in [-0.2, -0.15) is 13.2 Å². The minimum Gasteiger partial charge on any atom is -0.481 e. The van der Waals surface area contributed by atoms with E-state index in [-0.39, 0.29) is 31.5 Å². The molecule has 9 heteroatoms. The fraction of sp³-hybridized carbons (Fsp3) is 0.367. The molecule has 39 heavy (non-hydrogen) atoms. The summed E-state index contributed by atoms with van der Waals surface area (Å²) in [5.41, 5.74) is 2.44. The number of halogens is 6. The Kier molecular flexibility index (Phi) is 8.28. The Morgan fingerprint density at radius 3 is 2.38 bits per heavy atom. The fourth-order valence-corrected chi connectivity index (χ4v) is 5.13. The molecular formula is C30H29F6NO2. The summed E-state index contributed by atoms with van der Waals surface area (Å²) in [6, 6.07) is 14.3. The van der Waals surface area contributed by atoms with E-state index in [0.29, 0.717) is 40.7 Å². The lowest BCUT2D eigenvalue weighted by Crippen LogP contribution is -2.25. The van der Waals surface area contributed by atoms with Gasteiger partial charge in [-0.15, -0.1) is 0 Å². The molecule has 0 bridgehead atoms. The van der Waals surface area contributed by atoms with Crippen LogP contribution in [-0.2, 0) is 23.8 Å². The number of nitrogens with zero attached hydrogens (tertiary/aromatic N) is 1. The van der Waals surface area contributed by atoms with Crippen molar-refractivity contribution in [1.82, 2.24) is 0 Å². The van der Waals surface area contributed by atoms with Crippen LogP contribution in [0.5, 0.6) is 0 Å². The quantitative estimate of drug-likeness (QED) is 0.275. The lowest BCUT2D eigenvalue weighted by atomic mass is 9.85. The van der Waals surface area contributed by atoms with Crippen LogP contribution in [0.25, 0.3) is 11.1 Å². The second kappa shape index (κ2) is 11.3. The van der Waals surface area contributed by atoms with Crippen LogP contribution in [0.2, 0.25) is 0 Å². The summed E-state index contributed by atoms with van der Waals surface area (Å²) in [6.45, 7) is 1.31. The third-order valence-electron chi connectivity index (χ3n) is 7.15. The third-order valence-corrected chi connectivity index (χ3v) is 7.15. The zero-order valence-corrected chi connectivity index (χ0v) is 21.4. The number of carbonyl (C=O) groups is 1. The van der Waals surface area contributed by atoms with Gasteiger partial charge in [0.05, 0.1) is 23.7 Å². The molecule has 1 aliphatic rings. The van der Waals surface area contributed by atoms with Crippen molar-refractivity contribution < 1.29 is 36.2 Å². The Morgan fingerprint density at radius 1 is 1.08 bits per heavy atom. The van der Waals surface area contributed by atoms with E-state index in [1.165, 1.54) is 29.2 Å². The van der Waals surface area contributed by atoms with E-state index in [4.69, 9.17) is 0 Å². The first-order valence-corrected chi connectivity index (χ1v) is 12.8. The van der Waals surface area contributed by atoms with Gasteiger partial charge < -0.3 is 10.0 Å². The number of carboxylic acid groups (broad SMARTS) is 1. The maximum absolute atomic E-state index is 14.7. The molecule has 0 aromatic heterocycles. The molecule has 0 radical (unpaired) electrons. The van der Waals surface area contributed by atoms with E-state index in [2.05, 4.69) is 0 Å². The lowest BCUT2D eigenvalue weighted by Gasteiger charge is -2.21. The number of hydrogen-bond donors (Lipinski definition) is 1. The van der Waals surface area contributed by atoms with Gasteiger partial charge >= 0.3 is 12.1 Å². The van der Waals surface area contributed by atoms with Crippen molar-refractivity contribution in [2.45, 2.75) is 51.1 Å². The second-order valence-electron chi connectivity index (χ2n) is 10.0. The smallest absolute Gasteiger partial charge is 0.416 e. The predicted octanol–water partition coefficient (Wildman–Crippen LogP) is 7.99. The third kappa shape index (κ3) is 6.75. The molecule has 1 atom stereocenters. The summed E-state index contributed by atoms with van der Waals surface area (Å²) < 4.78 is 81.8. The first-order chi connectivity index (χ1) is 18.4. The van der Waals surface area contributed by atoms with E-state index in [9.17, 15) is 36.2 Å². The molecule has 3 aromatic rings. The standard InChI is InChI=1S/C30H29F6NO2/c1-2-4-22(28(38)39)17-21-5-3-6-24(20-8-10-23(11-9-20)30(34,35)36)25(21)15-19-7-12-26(31)27(16-19)37-14-13-29(32,33)18-37/h3,5-12,16,22H,2,4,13-15,17-18H2,1H3,(H,38,39). The number of rotatable bonds is 9. The molecule has 1 fully saturated rings. The van der Waals surface area contributed by atoms with Gasteiger partial charge in [0.15, 0.2) is 0 Å². The van der Waals surface area contributed by atoms with Gasteiger partial charge in [0, 0.05) is 13.0 Å². The highest BCUT2D eigenvalue weighted by molar-refractivity contribution is 5.73. The highest BCUT2D eigenvalue weighted by Gasteiger charge is 2.39. The molecule has 3 aromatic carbocycles. The molecule has 208 valence electrons. The van der Waals surface area contributed by atoms with Crippen molar-refractivity contribution >= 4 is 11.7 Å². The SMILES string of the molecule is CCCC(Cc1cccc(-c2ccc(C(F)(F)F)cc2)c1Cc1ccc(F)c(N2CCC(F)(F)C2)c1)C(=O)O. The van der Waals surface area contributed by atoms with E-state index >= 15 is 0 Å². The van der Waals surface area contributed by atoms with Gasteiger partial charge in [-0.05, 0) is 71.3 Å². The highest BCUT2D eigenvalue weighted by atomic mass is 19.4. The number of aliphatic carboxylic acids is 1. The zero-order chi connectivity index (χ0) is 28.4. The lowest BCUT2D eigenvalue weighted by molar-refractivity contribution is -0.142. The zero-order valence-electron chi connectivity index (χ0n) is 21.4. The largest absolute Gasteiger partial charge is 0.481 e. The van der Waals surface area contributed by atoms with Crippen molar-refractivity contribution in [3.63, 3.8) is 0 Å². The van der Waals surface area contributed by atoms with Crippen LogP contribution in [-0.4, -0.2) is 30.1 Å². The summed E-state index contributed by atoms with van der Waals surface area (Å²) in [6.07, 6.45) is -3.34. The van der Waals surface area contributed by atoms with Crippen LogP contribution >= 0.6 is 0 Å².